The van der Waals surface area contributed by atoms with Crippen LogP contribution < -0.4 is 0 Å². The van der Waals surface area contributed by atoms with Gasteiger partial charge < -0.3 is 14.9 Å². The van der Waals surface area contributed by atoms with Crippen molar-refractivity contribution >= 4 is 5.78 Å². The quantitative estimate of drug-likeness (QED) is 0.540. The van der Waals surface area contributed by atoms with Crippen molar-refractivity contribution in [3.05, 3.63) is 0 Å². The molecule has 0 aromatic rings. The van der Waals surface area contributed by atoms with Crippen LogP contribution in [-0.4, -0.2) is 39.9 Å². The zero-order valence-electron chi connectivity index (χ0n) is 22.1. The Hall–Kier alpha value is -0.450. The van der Waals surface area contributed by atoms with Crippen LogP contribution in [0.25, 0.3) is 0 Å². The van der Waals surface area contributed by atoms with E-state index < -0.39 is 5.60 Å². The molecule has 1 heterocycles. The van der Waals surface area contributed by atoms with Gasteiger partial charge in [-0.15, -0.1) is 0 Å². The van der Waals surface area contributed by atoms with Crippen molar-refractivity contribution in [2.75, 3.05) is 0 Å². The minimum Gasteiger partial charge on any atom is -0.393 e. The summed E-state index contributed by atoms with van der Waals surface area (Å²) in [6, 6.07) is 0. The smallest absolute Gasteiger partial charge is 0.170 e. The number of hydrogen-bond donors (Lipinski definition) is 2. The molecule has 5 rings (SSSR count). The first-order valence-electron chi connectivity index (χ1n) is 13.8. The van der Waals surface area contributed by atoms with E-state index in [0.29, 0.717) is 41.3 Å². The minimum atomic E-state index is -0.590. The van der Waals surface area contributed by atoms with Crippen LogP contribution in [0.1, 0.15) is 99.8 Å². The number of carbonyl (C=O) groups is 1. The molecular formula is C29H48O4. The van der Waals surface area contributed by atoms with Crippen molar-refractivity contribution in [1.29, 1.82) is 0 Å². The predicted molar refractivity (Wildman–Crippen MR) is 130 cm³/mol. The normalized spacial score (nSPS) is 51.2. The molecule has 5 fully saturated rings. The lowest BCUT2D eigenvalue weighted by Crippen LogP contribution is -2.64. The highest BCUT2D eigenvalue weighted by molar-refractivity contribution is 5.92. The van der Waals surface area contributed by atoms with Gasteiger partial charge in [0.2, 0.25) is 0 Å². The molecule has 0 radical (unpaired) electrons. The Kier molecular flexibility index (Phi) is 5.53. The van der Waals surface area contributed by atoms with Gasteiger partial charge in [0.15, 0.2) is 5.78 Å². The largest absolute Gasteiger partial charge is 0.393 e. The number of Topliss-reactive ketones (excluding diaryl/α,β-unsaturated/α-hetero) is 1. The Bertz CT molecular complexity index is 798. The molecule has 1 aliphatic heterocycles. The molecule has 5 aliphatic rings. The second-order valence-corrected chi connectivity index (χ2v) is 14.5. The number of epoxide rings is 1. The van der Waals surface area contributed by atoms with Crippen LogP contribution in [0, 0.1) is 51.8 Å². The molecule has 11 atom stereocenters. The van der Waals surface area contributed by atoms with E-state index in [0.717, 1.165) is 32.1 Å². The Morgan fingerprint density at radius 3 is 2.48 bits per heavy atom. The molecule has 4 saturated carbocycles. The fourth-order valence-electron chi connectivity index (χ4n) is 10.2. The first-order valence-corrected chi connectivity index (χ1v) is 13.8. The fourth-order valence-corrected chi connectivity index (χ4v) is 10.2. The molecule has 0 bridgehead atoms. The van der Waals surface area contributed by atoms with Crippen LogP contribution in [0.4, 0.5) is 0 Å². The first kappa shape index (κ1) is 24.3. The molecule has 188 valence electrons. The zero-order chi connectivity index (χ0) is 24.1. The summed E-state index contributed by atoms with van der Waals surface area (Å²) in [4.78, 5) is 13.0. The van der Waals surface area contributed by atoms with Crippen LogP contribution in [0.3, 0.4) is 0 Å². The van der Waals surface area contributed by atoms with Gasteiger partial charge in [0.25, 0.3) is 0 Å². The molecule has 0 aromatic carbocycles. The highest BCUT2D eigenvalue weighted by atomic mass is 16.6. The van der Waals surface area contributed by atoms with Crippen LogP contribution in [0.2, 0.25) is 0 Å². The molecule has 0 amide bonds. The van der Waals surface area contributed by atoms with Crippen molar-refractivity contribution < 1.29 is 19.7 Å². The highest BCUT2D eigenvalue weighted by Crippen LogP contribution is 2.72. The van der Waals surface area contributed by atoms with Gasteiger partial charge in [-0.3, -0.25) is 4.79 Å². The second kappa shape index (κ2) is 7.53. The molecular weight excluding hydrogens is 412 g/mol. The third kappa shape index (κ3) is 3.44. The van der Waals surface area contributed by atoms with Crippen molar-refractivity contribution in [1.82, 2.24) is 0 Å². The summed E-state index contributed by atoms with van der Waals surface area (Å²) in [7, 11) is 0. The standard InChI is InChI=1S/C29H48O4/c1-16(9-8-13-26(2,3)32)17-12-14-28(6)18-10-11-21-27(4,5)24(31)23-25(33-23)29(21,7)19(18)15-20(30)22(17)28/h16-23,25,30,32H,8-15H2,1-7H3/t16-,17+,18+,19-,20+,21+,22-,23+,25-,28+,29+/m0/s1. The number of hydrogen-bond acceptors (Lipinski definition) is 4. The lowest BCUT2D eigenvalue weighted by molar-refractivity contribution is -0.184. The summed E-state index contributed by atoms with van der Waals surface area (Å²) >= 11 is 0. The fraction of sp³-hybridized carbons (Fsp3) is 0.966. The van der Waals surface area contributed by atoms with Gasteiger partial charge in [-0.25, -0.2) is 0 Å². The van der Waals surface area contributed by atoms with E-state index in [2.05, 4.69) is 34.6 Å². The number of carbonyl (C=O) groups excluding carboxylic acids is 1. The van der Waals surface area contributed by atoms with Crippen molar-refractivity contribution in [2.24, 2.45) is 51.8 Å². The van der Waals surface area contributed by atoms with Crippen molar-refractivity contribution in [3.8, 4) is 0 Å². The van der Waals surface area contributed by atoms with E-state index in [1.807, 2.05) is 13.8 Å². The first-order chi connectivity index (χ1) is 15.2. The zero-order valence-corrected chi connectivity index (χ0v) is 22.1. The van der Waals surface area contributed by atoms with Crippen molar-refractivity contribution in [2.45, 2.75) is 124 Å². The van der Waals surface area contributed by atoms with Gasteiger partial charge in [-0.2, -0.15) is 0 Å². The maximum atomic E-state index is 13.0. The van der Waals surface area contributed by atoms with Crippen LogP contribution in [0.5, 0.6) is 0 Å². The van der Waals surface area contributed by atoms with Gasteiger partial charge in [0.1, 0.15) is 6.10 Å². The maximum absolute atomic E-state index is 13.0. The molecule has 0 aromatic heterocycles. The van der Waals surface area contributed by atoms with Gasteiger partial charge in [0, 0.05) is 10.8 Å². The summed E-state index contributed by atoms with van der Waals surface area (Å²) < 4.78 is 6.11. The maximum Gasteiger partial charge on any atom is 0.170 e. The third-order valence-corrected chi connectivity index (χ3v) is 11.8. The van der Waals surface area contributed by atoms with Gasteiger partial charge in [-0.05, 0) is 93.3 Å². The summed E-state index contributed by atoms with van der Waals surface area (Å²) in [6.45, 7) is 15.4. The number of fused-ring (bicyclic) bond motifs is 7. The average molecular weight is 461 g/mol. The molecule has 4 aliphatic carbocycles. The predicted octanol–water partition coefficient (Wildman–Crippen LogP) is 5.39. The van der Waals surface area contributed by atoms with Crippen LogP contribution in [-0.2, 0) is 9.53 Å². The summed E-state index contributed by atoms with van der Waals surface area (Å²) in [5.41, 5.74) is -0.737. The molecule has 4 heteroatoms. The molecule has 0 unspecified atom stereocenters. The number of rotatable bonds is 5. The SMILES string of the molecule is C[C@@H](CCCC(C)(C)O)[C@H]1CC[C@@]2(C)[C@@H]1[C@H](O)C[C@H]1[C@H]2CC[C@@H]2C(C)(C)C(=O)[C@H]3O[C@@H]3[C@@]21C. The minimum absolute atomic E-state index is 0.00361. The number of ketones is 1. The number of aliphatic hydroxyl groups is 2. The molecule has 33 heavy (non-hydrogen) atoms. The Morgan fingerprint density at radius 2 is 1.82 bits per heavy atom. The number of aliphatic hydroxyl groups excluding tert-OH is 1. The Balaban J connectivity index is 1.38. The van der Waals surface area contributed by atoms with E-state index in [9.17, 15) is 15.0 Å². The van der Waals surface area contributed by atoms with Crippen molar-refractivity contribution in [3.63, 3.8) is 0 Å². The van der Waals surface area contributed by atoms with Gasteiger partial charge in [0.05, 0.1) is 17.8 Å². The number of ether oxygens (including phenoxy) is 1. The van der Waals surface area contributed by atoms with E-state index >= 15 is 0 Å². The second-order valence-electron chi connectivity index (χ2n) is 14.5. The third-order valence-electron chi connectivity index (χ3n) is 11.8. The lowest BCUT2D eigenvalue weighted by atomic mass is 9.40. The molecule has 4 nitrogen and oxygen atoms in total. The van der Waals surface area contributed by atoms with E-state index in [1.165, 1.54) is 19.3 Å². The molecule has 2 N–H and O–H groups in total. The Labute approximate surface area is 201 Å². The monoisotopic (exact) mass is 460 g/mol. The van der Waals surface area contributed by atoms with E-state index in [1.54, 1.807) is 0 Å². The molecule has 1 saturated heterocycles. The van der Waals surface area contributed by atoms with E-state index in [4.69, 9.17) is 4.74 Å². The van der Waals surface area contributed by atoms with Crippen LogP contribution >= 0.6 is 0 Å². The van der Waals surface area contributed by atoms with Crippen LogP contribution in [0.15, 0.2) is 0 Å². The highest BCUT2D eigenvalue weighted by Gasteiger charge is 2.74. The summed E-state index contributed by atoms with van der Waals surface area (Å²) in [5, 5.41) is 21.8. The lowest BCUT2D eigenvalue weighted by Gasteiger charge is -2.64. The summed E-state index contributed by atoms with van der Waals surface area (Å²) in [6.07, 6.45) is 8.27. The topological polar surface area (TPSA) is 70.1 Å². The van der Waals surface area contributed by atoms with Gasteiger partial charge in [-0.1, -0.05) is 47.5 Å². The Morgan fingerprint density at radius 1 is 1.12 bits per heavy atom. The van der Waals surface area contributed by atoms with E-state index in [-0.39, 0.29) is 34.6 Å². The summed E-state index contributed by atoms with van der Waals surface area (Å²) in [5.74, 6) is 3.27. The molecule has 0 spiro atoms. The van der Waals surface area contributed by atoms with Gasteiger partial charge >= 0.3 is 0 Å². The average Bonchev–Trinajstić information content (AvgIpc) is 3.42.